The number of allylic oxidation sites excluding steroid dienone is 1. The lowest BCUT2D eigenvalue weighted by Crippen LogP contribution is -2.09. The molecule has 0 radical (unpaired) electrons. The summed E-state index contributed by atoms with van der Waals surface area (Å²) in [6, 6.07) is 6.00. The van der Waals surface area contributed by atoms with Crippen molar-refractivity contribution >= 4 is 11.7 Å². The zero-order valence-electron chi connectivity index (χ0n) is 9.12. The Balaban J connectivity index is 2.80. The first-order valence-electron chi connectivity index (χ1n) is 4.80. The smallest absolute Gasteiger partial charge is 0.341 e. The molecule has 0 aliphatic heterocycles. The Kier molecular flexibility index (Phi) is 4.21. The second-order valence-corrected chi connectivity index (χ2v) is 3.14. The lowest BCUT2D eigenvalue weighted by molar-refractivity contribution is -0.375. The SMILES string of the molecule is CC=C(c1ccc(OCC(=O)O)cc1)[N+](=O)[O-]. The number of carboxylic acid groups (broad SMARTS) is 1. The molecule has 0 saturated carbocycles. The number of benzene rings is 1. The van der Waals surface area contributed by atoms with Gasteiger partial charge in [-0.3, -0.25) is 10.1 Å². The van der Waals surface area contributed by atoms with Gasteiger partial charge in [0.2, 0.25) is 0 Å². The molecule has 0 amide bonds. The van der Waals surface area contributed by atoms with Crippen LogP contribution in [0.1, 0.15) is 12.5 Å². The lowest BCUT2D eigenvalue weighted by Gasteiger charge is -2.03. The number of nitrogens with zero attached hydrogens (tertiary/aromatic N) is 1. The Morgan fingerprint density at radius 2 is 2.06 bits per heavy atom. The molecule has 1 aromatic rings. The highest BCUT2D eigenvalue weighted by molar-refractivity contribution is 5.68. The Morgan fingerprint density at radius 3 is 2.47 bits per heavy atom. The van der Waals surface area contributed by atoms with Crippen LogP contribution in [0.15, 0.2) is 30.3 Å². The minimum absolute atomic E-state index is 0.00483. The Labute approximate surface area is 97.3 Å². The Bertz CT molecular complexity index is 449. The monoisotopic (exact) mass is 237 g/mol. The van der Waals surface area contributed by atoms with E-state index in [1.165, 1.54) is 30.3 Å². The molecule has 1 N–H and O–H groups in total. The molecule has 0 spiro atoms. The van der Waals surface area contributed by atoms with Crippen molar-refractivity contribution in [2.75, 3.05) is 6.61 Å². The quantitative estimate of drug-likeness (QED) is 0.622. The number of carbonyl (C=O) groups is 1. The maximum Gasteiger partial charge on any atom is 0.341 e. The zero-order chi connectivity index (χ0) is 12.8. The maximum atomic E-state index is 10.7. The highest BCUT2D eigenvalue weighted by atomic mass is 16.6. The van der Waals surface area contributed by atoms with E-state index in [9.17, 15) is 14.9 Å². The van der Waals surface area contributed by atoms with Crippen LogP contribution in [0.3, 0.4) is 0 Å². The highest BCUT2D eigenvalue weighted by Gasteiger charge is 2.12. The number of carboxylic acids is 1. The second kappa shape index (κ2) is 5.64. The van der Waals surface area contributed by atoms with Gasteiger partial charge in [0.15, 0.2) is 6.61 Å². The van der Waals surface area contributed by atoms with Gasteiger partial charge in [-0.15, -0.1) is 0 Å². The summed E-state index contributed by atoms with van der Waals surface area (Å²) in [6.07, 6.45) is 1.40. The van der Waals surface area contributed by atoms with Gasteiger partial charge in [0.1, 0.15) is 5.75 Å². The molecule has 6 nitrogen and oxygen atoms in total. The molecule has 0 saturated heterocycles. The van der Waals surface area contributed by atoms with E-state index in [0.29, 0.717) is 11.3 Å². The van der Waals surface area contributed by atoms with Gasteiger partial charge in [0.25, 0.3) is 5.70 Å². The molecular weight excluding hydrogens is 226 g/mol. The van der Waals surface area contributed by atoms with Gasteiger partial charge < -0.3 is 9.84 Å². The lowest BCUT2D eigenvalue weighted by atomic mass is 10.1. The molecule has 90 valence electrons. The van der Waals surface area contributed by atoms with E-state index < -0.39 is 17.5 Å². The van der Waals surface area contributed by atoms with E-state index >= 15 is 0 Å². The van der Waals surface area contributed by atoms with Crippen LogP contribution >= 0.6 is 0 Å². The van der Waals surface area contributed by atoms with Crippen molar-refractivity contribution in [1.82, 2.24) is 0 Å². The third-order valence-electron chi connectivity index (χ3n) is 1.98. The first-order chi connectivity index (χ1) is 8.04. The Morgan fingerprint density at radius 1 is 1.47 bits per heavy atom. The summed E-state index contributed by atoms with van der Waals surface area (Å²) in [4.78, 5) is 20.4. The average Bonchev–Trinajstić information content (AvgIpc) is 2.28. The third kappa shape index (κ3) is 3.60. The first kappa shape index (κ1) is 12.7. The fourth-order valence-corrected chi connectivity index (χ4v) is 1.24. The molecule has 0 aromatic heterocycles. The fourth-order valence-electron chi connectivity index (χ4n) is 1.24. The molecule has 6 heteroatoms. The van der Waals surface area contributed by atoms with Gasteiger partial charge in [0.05, 0.1) is 10.5 Å². The molecule has 0 unspecified atom stereocenters. The number of hydrogen-bond acceptors (Lipinski definition) is 4. The van der Waals surface area contributed by atoms with Crippen molar-refractivity contribution < 1.29 is 19.6 Å². The largest absolute Gasteiger partial charge is 0.482 e. The van der Waals surface area contributed by atoms with E-state index in [1.54, 1.807) is 6.92 Å². The number of nitro groups is 1. The van der Waals surface area contributed by atoms with Crippen LogP contribution in [0.2, 0.25) is 0 Å². The van der Waals surface area contributed by atoms with Gasteiger partial charge in [-0.1, -0.05) is 0 Å². The number of aliphatic carboxylic acids is 1. The topological polar surface area (TPSA) is 89.7 Å². The molecule has 0 fully saturated rings. The average molecular weight is 237 g/mol. The normalized spacial score (nSPS) is 11.0. The molecule has 1 rings (SSSR count). The van der Waals surface area contributed by atoms with E-state index in [1.807, 2.05) is 0 Å². The minimum Gasteiger partial charge on any atom is -0.482 e. The summed E-state index contributed by atoms with van der Waals surface area (Å²) < 4.78 is 4.91. The number of hydrogen-bond donors (Lipinski definition) is 1. The summed E-state index contributed by atoms with van der Waals surface area (Å²) in [5, 5.41) is 19.1. The predicted molar refractivity (Wildman–Crippen MR) is 60.2 cm³/mol. The summed E-state index contributed by atoms with van der Waals surface area (Å²) in [5.74, 6) is -0.719. The summed E-state index contributed by atoms with van der Waals surface area (Å²) in [5.41, 5.74) is 0.440. The molecule has 0 aliphatic carbocycles. The highest BCUT2D eigenvalue weighted by Crippen LogP contribution is 2.19. The van der Waals surface area contributed by atoms with Crippen LogP contribution in [0.5, 0.6) is 5.75 Å². The minimum atomic E-state index is -1.08. The van der Waals surface area contributed by atoms with E-state index in [2.05, 4.69) is 0 Å². The van der Waals surface area contributed by atoms with Crippen molar-refractivity contribution in [3.05, 3.63) is 46.0 Å². The van der Waals surface area contributed by atoms with Crippen LogP contribution in [0.25, 0.3) is 5.70 Å². The van der Waals surface area contributed by atoms with Crippen molar-refractivity contribution in [2.45, 2.75) is 6.92 Å². The van der Waals surface area contributed by atoms with Crippen LogP contribution in [-0.4, -0.2) is 22.6 Å². The van der Waals surface area contributed by atoms with Gasteiger partial charge in [0, 0.05) is 0 Å². The van der Waals surface area contributed by atoms with E-state index in [4.69, 9.17) is 9.84 Å². The molecule has 0 bridgehead atoms. The fraction of sp³-hybridized carbons (Fsp3) is 0.182. The van der Waals surface area contributed by atoms with Crippen LogP contribution in [-0.2, 0) is 4.79 Å². The van der Waals surface area contributed by atoms with Crippen molar-refractivity contribution in [2.24, 2.45) is 0 Å². The van der Waals surface area contributed by atoms with Crippen molar-refractivity contribution in [3.63, 3.8) is 0 Å². The van der Waals surface area contributed by atoms with Crippen LogP contribution in [0.4, 0.5) is 0 Å². The van der Waals surface area contributed by atoms with Gasteiger partial charge in [-0.05, 0) is 37.3 Å². The third-order valence-corrected chi connectivity index (χ3v) is 1.98. The van der Waals surface area contributed by atoms with Crippen LogP contribution in [0, 0.1) is 10.1 Å². The second-order valence-electron chi connectivity index (χ2n) is 3.14. The van der Waals surface area contributed by atoms with Gasteiger partial charge >= 0.3 is 5.97 Å². The van der Waals surface area contributed by atoms with Gasteiger partial charge in [-0.2, -0.15) is 0 Å². The van der Waals surface area contributed by atoms with Crippen molar-refractivity contribution in [1.29, 1.82) is 0 Å². The Hall–Kier alpha value is -2.37. The van der Waals surface area contributed by atoms with Crippen molar-refractivity contribution in [3.8, 4) is 5.75 Å². The van der Waals surface area contributed by atoms with E-state index in [0.717, 1.165) is 0 Å². The molecular formula is C11H11NO5. The molecule has 1 aromatic carbocycles. The number of rotatable bonds is 5. The van der Waals surface area contributed by atoms with Gasteiger partial charge in [-0.25, -0.2) is 4.79 Å². The predicted octanol–water partition coefficient (Wildman–Crippen LogP) is 1.79. The number of ether oxygens (including phenoxy) is 1. The zero-order valence-corrected chi connectivity index (χ0v) is 9.12. The summed E-state index contributed by atoms with van der Waals surface area (Å²) >= 11 is 0. The first-order valence-corrected chi connectivity index (χ1v) is 4.80. The van der Waals surface area contributed by atoms with E-state index in [-0.39, 0.29) is 5.70 Å². The molecule has 0 heterocycles. The summed E-state index contributed by atoms with van der Waals surface area (Å²) in [7, 11) is 0. The van der Waals surface area contributed by atoms with Crippen LogP contribution < -0.4 is 4.74 Å². The standard InChI is InChI=1S/C11H11NO5/c1-2-10(12(15)16)8-3-5-9(6-4-8)17-7-11(13)14/h2-6H,7H2,1H3,(H,13,14). The maximum absolute atomic E-state index is 10.7. The molecule has 0 atom stereocenters. The molecule has 17 heavy (non-hydrogen) atoms. The molecule has 0 aliphatic rings. The summed E-state index contributed by atoms with van der Waals surface area (Å²) in [6.45, 7) is 1.14.